The predicted octanol–water partition coefficient (Wildman–Crippen LogP) is 3.25. The van der Waals surface area contributed by atoms with Crippen LogP contribution in [0.4, 0.5) is 5.69 Å². The molecule has 1 unspecified atom stereocenters. The Labute approximate surface area is 163 Å². The minimum absolute atomic E-state index is 0.0308. The summed E-state index contributed by atoms with van der Waals surface area (Å²) in [6.07, 6.45) is 0.736. The van der Waals surface area contributed by atoms with Crippen molar-refractivity contribution in [3.05, 3.63) is 51.1 Å². The van der Waals surface area contributed by atoms with Crippen LogP contribution in [-0.4, -0.2) is 39.4 Å². The van der Waals surface area contributed by atoms with Gasteiger partial charge in [-0.1, -0.05) is 6.07 Å². The second-order valence-corrected chi connectivity index (χ2v) is 6.26. The highest BCUT2D eigenvalue weighted by Crippen LogP contribution is 2.44. The molecule has 28 heavy (non-hydrogen) atoms. The average molecular weight is 388 g/mol. The number of hydrogen-bond donors (Lipinski definition) is 1. The third-order valence-corrected chi connectivity index (χ3v) is 4.84. The number of nitrogens with one attached hydrogen (secondary N) is 1. The first kappa shape index (κ1) is 19.8. The van der Waals surface area contributed by atoms with Gasteiger partial charge in [-0.05, 0) is 31.0 Å². The molecule has 0 aromatic heterocycles. The fourth-order valence-electron chi connectivity index (χ4n) is 3.62. The first-order valence-electron chi connectivity index (χ1n) is 9.01. The van der Waals surface area contributed by atoms with E-state index in [2.05, 4.69) is 5.32 Å². The quantitative estimate of drug-likeness (QED) is 0.575. The van der Waals surface area contributed by atoms with Crippen molar-refractivity contribution >= 4 is 5.69 Å². The van der Waals surface area contributed by atoms with Crippen molar-refractivity contribution < 1.29 is 23.9 Å². The van der Waals surface area contributed by atoms with Crippen LogP contribution in [0, 0.1) is 10.1 Å². The fourth-order valence-corrected chi connectivity index (χ4v) is 3.62. The molecule has 150 valence electrons. The largest absolute Gasteiger partial charge is 0.493 e. The Kier molecular flexibility index (Phi) is 5.89. The Bertz CT molecular complexity index is 883. The first-order valence-corrected chi connectivity index (χ1v) is 9.01. The monoisotopic (exact) mass is 388 g/mol. The highest BCUT2D eigenvalue weighted by atomic mass is 16.6. The zero-order valence-corrected chi connectivity index (χ0v) is 16.4. The highest BCUT2D eigenvalue weighted by molar-refractivity contribution is 5.60. The van der Waals surface area contributed by atoms with Crippen molar-refractivity contribution in [1.82, 2.24) is 5.32 Å². The number of nitro benzene ring substituents is 1. The molecule has 1 aliphatic heterocycles. The lowest BCUT2D eigenvalue weighted by Gasteiger charge is -2.29. The third-order valence-electron chi connectivity index (χ3n) is 4.84. The molecule has 8 nitrogen and oxygen atoms in total. The average Bonchev–Trinajstić information content (AvgIpc) is 2.72. The van der Waals surface area contributed by atoms with Gasteiger partial charge in [-0.15, -0.1) is 0 Å². The second kappa shape index (κ2) is 8.35. The van der Waals surface area contributed by atoms with Crippen LogP contribution in [0.15, 0.2) is 24.3 Å². The van der Waals surface area contributed by atoms with Gasteiger partial charge < -0.3 is 24.3 Å². The normalized spacial score (nSPS) is 15.5. The van der Waals surface area contributed by atoms with Crippen LogP contribution < -0.4 is 24.3 Å². The van der Waals surface area contributed by atoms with E-state index in [1.165, 1.54) is 20.3 Å². The predicted molar refractivity (Wildman–Crippen MR) is 104 cm³/mol. The first-order chi connectivity index (χ1) is 13.5. The van der Waals surface area contributed by atoms with Crippen molar-refractivity contribution in [3.8, 4) is 23.0 Å². The van der Waals surface area contributed by atoms with Gasteiger partial charge >= 0.3 is 0 Å². The minimum atomic E-state index is -0.403. The van der Waals surface area contributed by atoms with Crippen LogP contribution in [0.25, 0.3) is 0 Å². The molecule has 1 aliphatic rings. The third kappa shape index (κ3) is 3.43. The number of ether oxygens (including phenoxy) is 4. The summed E-state index contributed by atoms with van der Waals surface area (Å²) < 4.78 is 21.9. The molecule has 8 heteroatoms. The summed E-state index contributed by atoms with van der Waals surface area (Å²) in [5.41, 5.74) is 2.40. The SMILES string of the molecule is CCOc1c(OC)ccc2c1CCNC2c1cc(OC)c(OC)cc1[N+](=O)[O-]. The molecule has 2 aromatic carbocycles. The van der Waals surface area contributed by atoms with E-state index in [1.54, 1.807) is 13.2 Å². The lowest BCUT2D eigenvalue weighted by Crippen LogP contribution is -2.31. The molecule has 1 atom stereocenters. The highest BCUT2D eigenvalue weighted by Gasteiger charge is 2.32. The zero-order valence-electron chi connectivity index (χ0n) is 16.4. The van der Waals surface area contributed by atoms with Crippen molar-refractivity contribution in [1.29, 1.82) is 0 Å². The van der Waals surface area contributed by atoms with Crippen LogP contribution in [0.5, 0.6) is 23.0 Å². The molecule has 0 amide bonds. The van der Waals surface area contributed by atoms with Gasteiger partial charge in [0.1, 0.15) is 0 Å². The van der Waals surface area contributed by atoms with Crippen LogP contribution in [-0.2, 0) is 6.42 Å². The van der Waals surface area contributed by atoms with Gasteiger partial charge in [0.25, 0.3) is 5.69 Å². The van der Waals surface area contributed by atoms with Crippen LogP contribution in [0.3, 0.4) is 0 Å². The van der Waals surface area contributed by atoms with Crippen molar-refractivity contribution in [3.63, 3.8) is 0 Å². The summed E-state index contributed by atoms with van der Waals surface area (Å²) in [7, 11) is 4.56. The number of methoxy groups -OCH3 is 3. The maximum atomic E-state index is 11.8. The maximum absolute atomic E-state index is 11.8. The molecule has 1 N–H and O–H groups in total. The lowest BCUT2D eigenvalue weighted by atomic mass is 9.88. The van der Waals surface area contributed by atoms with E-state index in [-0.39, 0.29) is 11.7 Å². The number of hydrogen-bond acceptors (Lipinski definition) is 7. The summed E-state index contributed by atoms with van der Waals surface area (Å²) in [6, 6.07) is 6.43. The summed E-state index contributed by atoms with van der Waals surface area (Å²) in [6.45, 7) is 3.06. The molecule has 0 bridgehead atoms. The number of fused-ring (bicyclic) bond motifs is 1. The van der Waals surface area contributed by atoms with Crippen molar-refractivity contribution in [2.45, 2.75) is 19.4 Å². The van der Waals surface area contributed by atoms with Gasteiger partial charge in [0.2, 0.25) is 0 Å². The van der Waals surface area contributed by atoms with Gasteiger partial charge in [-0.3, -0.25) is 10.1 Å². The Balaban J connectivity index is 2.20. The Hall–Kier alpha value is -3.00. The molecular formula is C20H24N2O6. The van der Waals surface area contributed by atoms with Crippen molar-refractivity contribution in [2.24, 2.45) is 0 Å². The van der Waals surface area contributed by atoms with Gasteiger partial charge in [0, 0.05) is 12.1 Å². The van der Waals surface area contributed by atoms with E-state index in [1.807, 2.05) is 19.1 Å². The number of nitro groups is 1. The molecule has 0 radical (unpaired) electrons. The molecule has 2 aromatic rings. The van der Waals surface area contributed by atoms with Crippen LogP contribution in [0.1, 0.15) is 29.7 Å². The lowest BCUT2D eigenvalue weighted by molar-refractivity contribution is -0.385. The molecular weight excluding hydrogens is 364 g/mol. The van der Waals surface area contributed by atoms with Gasteiger partial charge in [0.15, 0.2) is 23.0 Å². The van der Waals surface area contributed by atoms with Crippen LogP contribution >= 0.6 is 0 Å². The number of nitrogens with zero attached hydrogens (tertiary/aromatic N) is 1. The molecule has 0 aliphatic carbocycles. The molecule has 0 saturated heterocycles. The zero-order chi connectivity index (χ0) is 20.3. The Morgan fingerprint density at radius 1 is 1.07 bits per heavy atom. The molecule has 0 spiro atoms. The van der Waals surface area contributed by atoms with E-state index < -0.39 is 4.92 Å². The van der Waals surface area contributed by atoms with E-state index in [4.69, 9.17) is 18.9 Å². The number of benzene rings is 2. The molecule has 3 rings (SSSR count). The fraction of sp³-hybridized carbons (Fsp3) is 0.400. The van der Waals surface area contributed by atoms with E-state index >= 15 is 0 Å². The standard InChI is InChI=1S/C20H24N2O6/c1-5-28-20-13-8-9-21-19(12(13)6-7-16(20)25-2)14-10-17(26-3)18(27-4)11-15(14)22(23)24/h6-7,10-11,19,21H,5,8-9H2,1-4H3. The summed E-state index contributed by atoms with van der Waals surface area (Å²) in [5, 5.41) is 15.1. The van der Waals surface area contributed by atoms with E-state index in [9.17, 15) is 10.1 Å². The molecule has 0 fully saturated rings. The van der Waals surface area contributed by atoms with Gasteiger partial charge in [-0.2, -0.15) is 0 Å². The molecule has 1 heterocycles. The van der Waals surface area contributed by atoms with Gasteiger partial charge in [-0.25, -0.2) is 0 Å². The smallest absolute Gasteiger partial charge is 0.278 e. The number of rotatable bonds is 7. The topological polar surface area (TPSA) is 92.1 Å². The summed E-state index contributed by atoms with van der Waals surface area (Å²) in [4.78, 5) is 11.3. The van der Waals surface area contributed by atoms with E-state index in [0.29, 0.717) is 41.7 Å². The Morgan fingerprint density at radius 2 is 1.75 bits per heavy atom. The van der Waals surface area contributed by atoms with Crippen LogP contribution in [0.2, 0.25) is 0 Å². The van der Waals surface area contributed by atoms with Crippen molar-refractivity contribution in [2.75, 3.05) is 34.5 Å². The van der Waals surface area contributed by atoms with Gasteiger partial charge in [0.05, 0.1) is 50.5 Å². The maximum Gasteiger partial charge on any atom is 0.278 e. The van der Waals surface area contributed by atoms with E-state index in [0.717, 1.165) is 17.5 Å². The molecule has 0 saturated carbocycles. The Morgan fingerprint density at radius 3 is 2.36 bits per heavy atom. The second-order valence-electron chi connectivity index (χ2n) is 6.26. The summed E-state index contributed by atoms with van der Waals surface area (Å²) >= 11 is 0. The minimum Gasteiger partial charge on any atom is -0.493 e. The summed E-state index contributed by atoms with van der Waals surface area (Å²) in [5.74, 6) is 2.11.